The Morgan fingerprint density at radius 3 is 2.03 bits per heavy atom. The molecule has 0 saturated carbocycles. The largest absolute Gasteiger partial charge is 0.423 e. The Hall–Kier alpha value is -4.23. The minimum atomic E-state index is -0.465. The highest BCUT2D eigenvalue weighted by Gasteiger charge is 2.13. The van der Waals surface area contributed by atoms with E-state index in [4.69, 9.17) is 19.2 Å². The molecule has 7 nitrogen and oxygen atoms in total. The van der Waals surface area contributed by atoms with Crippen molar-refractivity contribution in [3.63, 3.8) is 0 Å². The van der Waals surface area contributed by atoms with Crippen LogP contribution in [0.1, 0.15) is 43.8 Å². The number of rotatable bonds is 10. The van der Waals surface area contributed by atoms with E-state index in [0.717, 1.165) is 24.0 Å². The van der Waals surface area contributed by atoms with E-state index in [-0.39, 0.29) is 0 Å². The van der Waals surface area contributed by atoms with Gasteiger partial charge in [-0.25, -0.2) is 9.59 Å². The van der Waals surface area contributed by atoms with Crippen LogP contribution in [0.2, 0.25) is 0 Å². The van der Waals surface area contributed by atoms with E-state index in [2.05, 4.69) is 11.5 Å². The van der Waals surface area contributed by atoms with E-state index in [0.29, 0.717) is 34.8 Å². The van der Waals surface area contributed by atoms with Crippen LogP contribution in [0, 0.1) is 13.8 Å². The summed E-state index contributed by atoms with van der Waals surface area (Å²) >= 11 is 0. The van der Waals surface area contributed by atoms with E-state index < -0.39 is 11.9 Å². The Labute approximate surface area is 204 Å². The molecule has 0 fully saturated rings. The molecule has 0 heterocycles. The summed E-state index contributed by atoms with van der Waals surface area (Å²) in [5, 5.41) is 0. The van der Waals surface area contributed by atoms with Gasteiger partial charge in [-0.1, -0.05) is 36.4 Å². The third kappa shape index (κ3) is 8.57. The van der Waals surface area contributed by atoms with Crippen LogP contribution in [0.4, 0.5) is 0 Å². The van der Waals surface area contributed by atoms with Gasteiger partial charge in [-0.2, -0.15) is 4.89 Å². The monoisotopic (exact) mass is 476 g/mol. The fraction of sp³-hybridized carbons (Fsp3) is 0.179. The van der Waals surface area contributed by atoms with E-state index in [1.54, 1.807) is 49.4 Å². The van der Waals surface area contributed by atoms with Gasteiger partial charge in [0.15, 0.2) is 0 Å². The van der Waals surface area contributed by atoms with E-state index in [1.165, 1.54) is 6.26 Å². The second-order valence-corrected chi connectivity index (χ2v) is 7.46. The molecule has 0 N–H and O–H groups in total. The topological polar surface area (TPSA) is 88.1 Å². The lowest BCUT2D eigenvalue weighted by Crippen LogP contribution is -2.10. The first-order chi connectivity index (χ1) is 17.0. The Kier molecular flexibility index (Phi) is 10.9. The molecule has 0 bridgehead atoms. The Bertz CT molecular complexity index is 1120. The van der Waals surface area contributed by atoms with Crippen molar-refractivity contribution < 1.29 is 33.6 Å². The number of hydrogen-bond acceptors (Lipinski definition) is 7. The molecule has 35 heavy (non-hydrogen) atoms. The lowest BCUT2D eigenvalue weighted by molar-refractivity contribution is -0.248. The van der Waals surface area contributed by atoms with Gasteiger partial charge in [0.25, 0.3) is 0 Å². The summed E-state index contributed by atoms with van der Waals surface area (Å²) in [6.45, 7) is 9.58. The predicted molar refractivity (Wildman–Crippen MR) is 131 cm³/mol. The predicted octanol–water partition coefficient (Wildman–Crippen LogP) is 5.58. The number of hydrogen-bond donors (Lipinski definition) is 0. The number of benzene rings is 3. The summed E-state index contributed by atoms with van der Waals surface area (Å²) in [5.41, 5.74) is 3.73. The third-order valence-corrected chi connectivity index (χ3v) is 4.87. The van der Waals surface area contributed by atoms with Gasteiger partial charge in [-0.15, -0.1) is 0 Å². The van der Waals surface area contributed by atoms with Crippen LogP contribution in [-0.4, -0.2) is 25.3 Å². The molecule has 3 aromatic rings. The molecule has 0 saturated heterocycles. The van der Waals surface area contributed by atoms with Gasteiger partial charge in [-0.3, -0.25) is 0 Å². The van der Waals surface area contributed by atoms with Gasteiger partial charge in [0, 0.05) is 0 Å². The number of aryl methyl sites for hydroxylation is 3. The molecule has 0 unspecified atom stereocenters. The molecule has 3 rings (SSSR count). The first-order valence-electron chi connectivity index (χ1n) is 10.8. The van der Waals surface area contributed by atoms with Crippen molar-refractivity contribution in [2.24, 2.45) is 0 Å². The van der Waals surface area contributed by atoms with Crippen LogP contribution in [0.25, 0.3) is 0 Å². The summed E-state index contributed by atoms with van der Waals surface area (Å²) in [4.78, 5) is 42.3. The fourth-order valence-electron chi connectivity index (χ4n) is 3.05. The quantitative estimate of drug-likeness (QED) is 0.0942. The number of esters is 2. The van der Waals surface area contributed by atoms with Crippen LogP contribution in [0.3, 0.4) is 0 Å². The highest BCUT2D eigenvalue weighted by molar-refractivity contribution is 5.92. The third-order valence-electron chi connectivity index (χ3n) is 4.87. The molecule has 0 amide bonds. The standard InChI is InChI=1S/C27H26O6.CH2O/c1-4-30-31-17-5-6-21-9-13-23(14-10-21)26(28)32-24-15-16-25(20(3)18-24)33-27(29)22-11-7-19(2)8-12-22;1-2/h4,7-16,18H,1,5-6,17H2,2-3H3;1H2. The summed E-state index contributed by atoms with van der Waals surface area (Å²) in [6.07, 6.45) is 2.79. The van der Waals surface area contributed by atoms with Gasteiger partial charge >= 0.3 is 11.9 Å². The minimum Gasteiger partial charge on any atom is -0.423 e. The molecular formula is C28H28O7. The molecule has 7 heteroatoms. The van der Waals surface area contributed by atoms with Gasteiger partial charge in [-0.05, 0) is 80.3 Å². The maximum Gasteiger partial charge on any atom is 0.343 e. The van der Waals surface area contributed by atoms with Crippen LogP contribution >= 0.6 is 0 Å². The van der Waals surface area contributed by atoms with Gasteiger partial charge < -0.3 is 19.2 Å². The Balaban J connectivity index is 0.00000210. The van der Waals surface area contributed by atoms with Crippen LogP contribution in [0.15, 0.2) is 79.6 Å². The maximum absolute atomic E-state index is 12.5. The molecule has 182 valence electrons. The Morgan fingerprint density at radius 1 is 0.829 bits per heavy atom. The number of carbonyl (C=O) groups is 3. The second-order valence-electron chi connectivity index (χ2n) is 7.46. The van der Waals surface area contributed by atoms with Crippen molar-refractivity contribution in [3.8, 4) is 11.5 Å². The molecular weight excluding hydrogens is 448 g/mol. The average molecular weight is 477 g/mol. The molecule has 0 aliphatic heterocycles. The summed E-state index contributed by atoms with van der Waals surface area (Å²) in [6, 6.07) is 19.2. The van der Waals surface area contributed by atoms with Crippen molar-refractivity contribution >= 4 is 18.7 Å². The molecule has 0 atom stereocenters. The summed E-state index contributed by atoms with van der Waals surface area (Å²) < 4.78 is 11.0. The average Bonchev–Trinajstić information content (AvgIpc) is 2.87. The Morgan fingerprint density at radius 2 is 1.43 bits per heavy atom. The molecule has 0 spiro atoms. The first-order valence-corrected chi connectivity index (χ1v) is 10.8. The van der Waals surface area contributed by atoms with E-state index in [9.17, 15) is 9.59 Å². The van der Waals surface area contributed by atoms with Gasteiger partial charge in [0.2, 0.25) is 0 Å². The van der Waals surface area contributed by atoms with Crippen molar-refractivity contribution in [3.05, 3.63) is 107 Å². The maximum atomic E-state index is 12.5. The van der Waals surface area contributed by atoms with Crippen molar-refractivity contribution in [2.45, 2.75) is 26.7 Å². The molecule has 0 radical (unpaired) electrons. The SMILES string of the molecule is C=COOCCCc1ccc(C(=O)Oc2ccc(OC(=O)c3ccc(C)cc3)c(C)c2)cc1.C=O. The fourth-order valence-corrected chi connectivity index (χ4v) is 3.05. The highest BCUT2D eigenvalue weighted by Crippen LogP contribution is 2.25. The number of carbonyl (C=O) groups excluding carboxylic acids is 3. The lowest BCUT2D eigenvalue weighted by Gasteiger charge is -2.10. The highest BCUT2D eigenvalue weighted by atomic mass is 17.2. The normalized spacial score (nSPS) is 9.89. The van der Waals surface area contributed by atoms with Crippen molar-refractivity contribution in [2.75, 3.05) is 6.61 Å². The van der Waals surface area contributed by atoms with Gasteiger partial charge in [0.05, 0.1) is 17.7 Å². The van der Waals surface area contributed by atoms with Gasteiger partial charge in [0.1, 0.15) is 24.6 Å². The van der Waals surface area contributed by atoms with Crippen molar-refractivity contribution in [1.82, 2.24) is 0 Å². The van der Waals surface area contributed by atoms with Crippen molar-refractivity contribution in [1.29, 1.82) is 0 Å². The smallest absolute Gasteiger partial charge is 0.343 e. The summed E-state index contributed by atoms with van der Waals surface area (Å²) in [5.74, 6) is -0.126. The molecule has 3 aromatic carbocycles. The first kappa shape index (κ1) is 27.0. The van der Waals surface area contributed by atoms with Crippen LogP contribution in [0.5, 0.6) is 11.5 Å². The zero-order valence-corrected chi connectivity index (χ0v) is 19.8. The molecule has 0 aromatic heterocycles. The zero-order valence-electron chi connectivity index (χ0n) is 19.8. The van der Waals surface area contributed by atoms with Crippen LogP contribution in [-0.2, 0) is 21.0 Å². The molecule has 0 aliphatic carbocycles. The van der Waals surface area contributed by atoms with E-state index in [1.807, 2.05) is 38.0 Å². The van der Waals surface area contributed by atoms with Crippen LogP contribution < -0.4 is 9.47 Å². The van der Waals surface area contributed by atoms with E-state index >= 15 is 0 Å². The zero-order chi connectivity index (χ0) is 25.6. The minimum absolute atomic E-state index is 0.371. The lowest BCUT2D eigenvalue weighted by atomic mass is 10.1. The number of ether oxygens (including phenoxy) is 2. The second kappa shape index (κ2) is 14.1. The molecule has 0 aliphatic rings. The summed E-state index contributed by atoms with van der Waals surface area (Å²) in [7, 11) is 0.